The summed E-state index contributed by atoms with van der Waals surface area (Å²) in [5.41, 5.74) is -1.02. The molecule has 0 spiro atoms. The summed E-state index contributed by atoms with van der Waals surface area (Å²) < 4.78 is 35.9. The fraction of sp³-hybridized carbons (Fsp3) is 0.571. The van der Waals surface area contributed by atoms with Crippen molar-refractivity contribution >= 4 is 5.71 Å². The molecule has 0 aliphatic rings. The normalized spacial score (nSPS) is 13.9. The lowest BCUT2D eigenvalue weighted by atomic mass is 10.3. The molecule has 0 fully saturated rings. The monoisotopic (exact) mass is 181 g/mol. The van der Waals surface area contributed by atoms with Gasteiger partial charge in [0, 0.05) is 0 Å². The Morgan fingerprint density at radius 1 is 1.50 bits per heavy atom. The van der Waals surface area contributed by atoms with Crippen LogP contribution in [0.25, 0.3) is 0 Å². The number of oxime groups is 1. The molecule has 0 atom stereocenters. The Hall–Kier alpha value is -1.00. The van der Waals surface area contributed by atoms with E-state index in [9.17, 15) is 13.2 Å². The molecular formula is C7H10F3NO. The van der Waals surface area contributed by atoms with Gasteiger partial charge in [0.1, 0.15) is 7.11 Å². The van der Waals surface area contributed by atoms with E-state index in [-0.39, 0.29) is 0 Å². The van der Waals surface area contributed by atoms with E-state index in [1.165, 1.54) is 6.08 Å². The summed E-state index contributed by atoms with van der Waals surface area (Å²) in [6, 6.07) is 0. The third-order valence-electron chi connectivity index (χ3n) is 0.991. The van der Waals surface area contributed by atoms with Crippen LogP contribution in [-0.2, 0) is 4.84 Å². The van der Waals surface area contributed by atoms with Crippen LogP contribution in [0.1, 0.15) is 13.3 Å². The molecular weight excluding hydrogens is 171 g/mol. The predicted octanol–water partition coefficient (Wildman–Crippen LogP) is 2.52. The number of alkyl halides is 3. The van der Waals surface area contributed by atoms with Crippen molar-refractivity contribution in [3.8, 4) is 0 Å². The maximum atomic E-state index is 12.0. The first-order valence-corrected chi connectivity index (χ1v) is 3.37. The van der Waals surface area contributed by atoms with E-state index in [0.717, 1.165) is 13.2 Å². The molecule has 0 unspecified atom stereocenters. The van der Waals surface area contributed by atoms with Crippen molar-refractivity contribution in [2.75, 3.05) is 7.11 Å². The molecule has 2 nitrogen and oxygen atoms in total. The summed E-state index contributed by atoms with van der Waals surface area (Å²) in [6.07, 6.45) is -1.66. The minimum Gasteiger partial charge on any atom is -0.399 e. The Labute approximate surface area is 68.7 Å². The Morgan fingerprint density at radius 2 is 2.08 bits per heavy atom. The standard InChI is InChI=1S/C7H10F3NO/c1-3-4-5-6(11-12-2)7(8,9)10/h4-5H,3H2,1-2H3/b5-4-,11-6+. The predicted molar refractivity (Wildman–Crippen MR) is 39.9 cm³/mol. The summed E-state index contributed by atoms with van der Waals surface area (Å²) in [5, 5.41) is 2.84. The first-order chi connectivity index (χ1) is 5.52. The Kier molecular flexibility index (Phi) is 4.39. The van der Waals surface area contributed by atoms with Crippen molar-refractivity contribution in [2.24, 2.45) is 5.16 Å². The van der Waals surface area contributed by atoms with Gasteiger partial charge in [-0.1, -0.05) is 18.2 Å². The lowest BCUT2D eigenvalue weighted by Gasteiger charge is -2.04. The van der Waals surface area contributed by atoms with Gasteiger partial charge in [0.25, 0.3) is 0 Å². The van der Waals surface area contributed by atoms with Gasteiger partial charge in [-0.2, -0.15) is 13.2 Å². The highest BCUT2D eigenvalue weighted by atomic mass is 19.4. The molecule has 0 N–H and O–H groups in total. The van der Waals surface area contributed by atoms with Gasteiger partial charge >= 0.3 is 6.18 Å². The maximum absolute atomic E-state index is 12.0. The Morgan fingerprint density at radius 3 is 2.42 bits per heavy atom. The van der Waals surface area contributed by atoms with Crippen molar-refractivity contribution in [3.05, 3.63) is 12.2 Å². The Balaban J connectivity index is 4.46. The summed E-state index contributed by atoms with van der Waals surface area (Å²) in [5.74, 6) is 0. The first kappa shape index (κ1) is 11.0. The molecule has 0 aromatic rings. The third-order valence-corrected chi connectivity index (χ3v) is 0.991. The van der Waals surface area contributed by atoms with Crippen LogP contribution in [0.5, 0.6) is 0 Å². The average Bonchev–Trinajstić information content (AvgIpc) is 1.95. The minimum atomic E-state index is -4.44. The van der Waals surface area contributed by atoms with Crippen molar-refractivity contribution in [1.29, 1.82) is 0 Å². The van der Waals surface area contributed by atoms with Crippen LogP contribution in [-0.4, -0.2) is 19.0 Å². The van der Waals surface area contributed by atoms with E-state index >= 15 is 0 Å². The zero-order chi connectivity index (χ0) is 9.61. The molecule has 0 aliphatic carbocycles. The molecule has 0 radical (unpaired) electrons. The van der Waals surface area contributed by atoms with Gasteiger partial charge in [0.05, 0.1) is 0 Å². The number of hydrogen-bond acceptors (Lipinski definition) is 2. The van der Waals surface area contributed by atoms with Gasteiger partial charge in [-0.3, -0.25) is 0 Å². The summed E-state index contributed by atoms with van der Waals surface area (Å²) in [7, 11) is 1.07. The number of hydrogen-bond donors (Lipinski definition) is 0. The molecule has 0 aromatic carbocycles. The fourth-order valence-electron chi connectivity index (χ4n) is 0.505. The maximum Gasteiger partial charge on any atom is 0.436 e. The van der Waals surface area contributed by atoms with Crippen LogP contribution in [0.4, 0.5) is 13.2 Å². The smallest absolute Gasteiger partial charge is 0.399 e. The van der Waals surface area contributed by atoms with Crippen LogP contribution in [0.15, 0.2) is 17.3 Å². The van der Waals surface area contributed by atoms with Crippen molar-refractivity contribution in [3.63, 3.8) is 0 Å². The molecule has 0 aromatic heterocycles. The molecule has 0 amide bonds. The van der Waals surface area contributed by atoms with E-state index in [1.807, 2.05) is 0 Å². The second-order valence-electron chi connectivity index (χ2n) is 1.97. The van der Waals surface area contributed by atoms with Gasteiger partial charge in [-0.05, 0) is 12.5 Å². The quantitative estimate of drug-likeness (QED) is 0.484. The van der Waals surface area contributed by atoms with E-state index < -0.39 is 11.9 Å². The molecule has 0 rings (SSSR count). The van der Waals surface area contributed by atoms with Gasteiger partial charge in [-0.25, -0.2) is 0 Å². The molecule has 70 valence electrons. The van der Waals surface area contributed by atoms with Gasteiger partial charge in [0.2, 0.25) is 0 Å². The third kappa shape index (κ3) is 4.00. The lowest BCUT2D eigenvalue weighted by Crippen LogP contribution is -2.20. The van der Waals surface area contributed by atoms with Crippen LogP contribution >= 0.6 is 0 Å². The van der Waals surface area contributed by atoms with Gasteiger partial charge in [0.15, 0.2) is 5.71 Å². The van der Waals surface area contributed by atoms with Crippen LogP contribution in [0.3, 0.4) is 0 Å². The van der Waals surface area contributed by atoms with Crippen molar-refractivity contribution in [2.45, 2.75) is 19.5 Å². The number of halogens is 3. The van der Waals surface area contributed by atoms with E-state index in [2.05, 4.69) is 9.99 Å². The first-order valence-electron chi connectivity index (χ1n) is 3.37. The van der Waals surface area contributed by atoms with Crippen LogP contribution in [0.2, 0.25) is 0 Å². The SMILES string of the molecule is CC/C=C\C(=N/OC)C(F)(F)F. The molecule has 5 heteroatoms. The highest BCUT2D eigenvalue weighted by molar-refractivity contribution is 5.98. The number of rotatable bonds is 3. The van der Waals surface area contributed by atoms with Crippen LogP contribution in [0, 0.1) is 0 Å². The lowest BCUT2D eigenvalue weighted by molar-refractivity contribution is -0.0604. The van der Waals surface area contributed by atoms with Gasteiger partial charge in [-0.15, -0.1) is 0 Å². The van der Waals surface area contributed by atoms with E-state index in [0.29, 0.717) is 6.42 Å². The second kappa shape index (κ2) is 4.79. The molecule has 0 saturated heterocycles. The van der Waals surface area contributed by atoms with Gasteiger partial charge < -0.3 is 4.84 Å². The summed E-state index contributed by atoms with van der Waals surface area (Å²) in [6.45, 7) is 1.73. The molecule has 0 heterocycles. The fourth-order valence-corrected chi connectivity index (χ4v) is 0.505. The van der Waals surface area contributed by atoms with Crippen LogP contribution < -0.4 is 0 Å². The topological polar surface area (TPSA) is 21.6 Å². The second-order valence-corrected chi connectivity index (χ2v) is 1.97. The number of nitrogens with zero attached hydrogens (tertiary/aromatic N) is 1. The molecule has 0 aliphatic heterocycles. The van der Waals surface area contributed by atoms with Crippen molar-refractivity contribution in [1.82, 2.24) is 0 Å². The van der Waals surface area contributed by atoms with Crippen molar-refractivity contribution < 1.29 is 18.0 Å². The summed E-state index contributed by atoms with van der Waals surface area (Å²) >= 11 is 0. The highest BCUT2D eigenvalue weighted by Crippen LogP contribution is 2.18. The Bertz CT molecular complexity index is 184. The zero-order valence-corrected chi connectivity index (χ0v) is 6.85. The average molecular weight is 181 g/mol. The zero-order valence-electron chi connectivity index (χ0n) is 6.85. The van der Waals surface area contributed by atoms with E-state index in [1.54, 1.807) is 6.92 Å². The largest absolute Gasteiger partial charge is 0.436 e. The minimum absolute atomic E-state index is 0.527. The number of allylic oxidation sites excluding steroid dienone is 2. The van der Waals surface area contributed by atoms with E-state index in [4.69, 9.17) is 0 Å². The molecule has 12 heavy (non-hydrogen) atoms. The molecule has 0 saturated carbocycles. The molecule has 0 bridgehead atoms. The highest BCUT2D eigenvalue weighted by Gasteiger charge is 2.34. The summed E-state index contributed by atoms with van der Waals surface area (Å²) in [4.78, 5) is 4.04.